The molecule has 1 atom stereocenters. The highest BCUT2D eigenvalue weighted by Crippen LogP contribution is 1.85. The third-order valence-corrected chi connectivity index (χ3v) is 1.34. The van der Waals surface area contributed by atoms with Gasteiger partial charge in [0.15, 0.2) is 5.96 Å². The lowest BCUT2D eigenvalue weighted by atomic mass is 10.3. The molecule has 0 aliphatic rings. The topological polar surface area (TPSA) is 50.4 Å². The lowest BCUT2D eigenvalue weighted by Crippen LogP contribution is -2.38. The van der Waals surface area contributed by atoms with Gasteiger partial charge in [0.25, 0.3) is 0 Å². The Labute approximate surface area is 62.7 Å². The lowest BCUT2D eigenvalue weighted by molar-refractivity contribution is 0.637. The molecular formula is C7H17N3. The number of nitrogens with zero attached hydrogens (tertiary/aromatic N) is 1. The normalized spacial score (nSPS) is 14.9. The van der Waals surface area contributed by atoms with Gasteiger partial charge in [0.05, 0.1) is 0 Å². The van der Waals surface area contributed by atoms with E-state index in [1.165, 1.54) is 0 Å². The highest BCUT2D eigenvalue weighted by atomic mass is 15.1. The predicted molar refractivity (Wildman–Crippen MR) is 45.1 cm³/mol. The molecule has 3 N–H and O–H groups in total. The van der Waals surface area contributed by atoms with Crippen molar-refractivity contribution >= 4 is 5.96 Å². The van der Waals surface area contributed by atoms with Crippen molar-refractivity contribution in [2.75, 3.05) is 6.54 Å². The van der Waals surface area contributed by atoms with Gasteiger partial charge in [0.1, 0.15) is 0 Å². The largest absolute Gasteiger partial charge is 0.370 e. The molecule has 0 bridgehead atoms. The Balaban J connectivity index is 3.56. The molecule has 0 fully saturated rings. The second-order valence-corrected chi connectivity index (χ2v) is 2.31. The van der Waals surface area contributed by atoms with Crippen molar-refractivity contribution in [2.45, 2.75) is 33.2 Å². The minimum absolute atomic E-state index is 0.426. The van der Waals surface area contributed by atoms with E-state index in [9.17, 15) is 0 Å². The van der Waals surface area contributed by atoms with Gasteiger partial charge < -0.3 is 11.1 Å². The van der Waals surface area contributed by atoms with Crippen LogP contribution in [0.15, 0.2) is 4.99 Å². The van der Waals surface area contributed by atoms with Crippen LogP contribution in [0.5, 0.6) is 0 Å². The fraction of sp³-hybridized carbons (Fsp3) is 0.857. The molecule has 0 aromatic rings. The third-order valence-electron chi connectivity index (χ3n) is 1.34. The Hall–Kier alpha value is -0.730. The van der Waals surface area contributed by atoms with E-state index in [4.69, 9.17) is 5.73 Å². The van der Waals surface area contributed by atoms with Crippen molar-refractivity contribution in [3.63, 3.8) is 0 Å². The number of rotatable bonds is 3. The van der Waals surface area contributed by atoms with Gasteiger partial charge in [-0.2, -0.15) is 0 Å². The van der Waals surface area contributed by atoms with Gasteiger partial charge in [0, 0.05) is 12.6 Å². The molecule has 0 saturated carbocycles. The molecule has 0 spiro atoms. The van der Waals surface area contributed by atoms with E-state index in [1.807, 2.05) is 6.92 Å². The summed E-state index contributed by atoms with van der Waals surface area (Å²) in [7, 11) is 0. The van der Waals surface area contributed by atoms with Crippen molar-refractivity contribution < 1.29 is 0 Å². The first kappa shape index (κ1) is 9.27. The van der Waals surface area contributed by atoms with Gasteiger partial charge in [-0.15, -0.1) is 0 Å². The van der Waals surface area contributed by atoms with Crippen LogP contribution in [0.4, 0.5) is 0 Å². The summed E-state index contributed by atoms with van der Waals surface area (Å²) in [6.07, 6.45) is 1.07. The van der Waals surface area contributed by atoms with Crippen LogP contribution in [-0.4, -0.2) is 18.5 Å². The molecule has 0 aromatic heterocycles. The Morgan fingerprint density at radius 2 is 2.20 bits per heavy atom. The fourth-order valence-electron chi connectivity index (χ4n) is 0.571. The summed E-state index contributed by atoms with van der Waals surface area (Å²) in [5.41, 5.74) is 5.50. The zero-order valence-electron chi connectivity index (χ0n) is 7.02. The quantitative estimate of drug-likeness (QED) is 0.451. The molecule has 0 rings (SSSR count). The maximum absolute atomic E-state index is 5.50. The minimum Gasteiger partial charge on any atom is -0.370 e. The maximum atomic E-state index is 5.50. The highest BCUT2D eigenvalue weighted by Gasteiger charge is 1.96. The molecule has 0 aliphatic heterocycles. The molecule has 1 unspecified atom stereocenters. The van der Waals surface area contributed by atoms with Crippen LogP contribution in [0.2, 0.25) is 0 Å². The second-order valence-electron chi connectivity index (χ2n) is 2.31. The van der Waals surface area contributed by atoms with Crippen molar-refractivity contribution in [1.29, 1.82) is 0 Å². The first-order chi connectivity index (χ1) is 4.70. The van der Waals surface area contributed by atoms with Gasteiger partial charge in [-0.3, -0.25) is 4.99 Å². The molecule has 0 aromatic carbocycles. The van der Waals surface area contributed by atoms with E-state index >= 15 is 0 Å². The molecule has 10 heavy (non-hydrogen) atoms. The van der Waals surface area contributed by atoms with E-state index in [1.54, 1.807) is 0 Å². The van der Waals surface area contributed by atoms with E-state index in [0.717, 1.165) is 13.0 Å². The fourth-order valence-corrected chi connectivity index (χ4v) is 0.571. The van der Waals surface area contributed by atoms with Crippen molar-refractivity contribution in [3.05, 3.63) is 0 Å². The van der Waals surface area contributed by atoms with Crippen LogP contribution in [0.25, 0.3) is 0 Å². The third kappa shape index (κ3) is 4.18. The van der Waals surface area contributed by atoms with Crippen molar-refractivity contribution in [1.82, 2.24) is 5.32 Å². The van der Waals surface area contributed by atoms with Crippen LogP contribution in [0.1, 0.15) is 27.2 Å². The van der Waals surface area contributed by atoms with Gasteiger partial charge >= 0.3 is 0 Å². The van der Waals surface area contributed by atoms with Gasteiger partial charge in [0.2, 0.25) is 0 Å². The average Bonchev–Trinajstić information content (AvgIpc) is 1.88. The summed E-state index contributed by atoms with van der Waals surface area (Å²) in [5.74, 6) is 0.553. The summed E-state index contributed by atoms with van der Waals surface area (Å²) in [5, 5.41) is 3.06. The van der Waals surface area contributed by atoms with E-state index in [0.29, 0.717) is 12.0 Å². The van der Waals surface area contributed by atoms with Gasteiger partial charge in [-0.25, -0.2) is 0 Å². The highest BCUT2D eigenvalue weighted by molar-refractivity contribution is 5.78. The van der Waals surface area contributed by atoms with E-state index in [-0.39, 0.29) is 0 Å². The van der Waals surface area contributed by atoms with Crippen LogP contribution in [0, 0.1) is 0 Å². The number of hydrogen-bond acceptors (Lipinski definition) is 1. The summed E-state index contributed by atoms with van der Waals surface area (Å²) in [6, 6.07) is 0.426. The first-order valence-corrected chi connectivity index (χ1v) is 3.77. The minimum atomic E-state index is 0.426. The van der Waals surface area contributed by atoms with Crippen molar-refractivity contribution in [3.8, 4) is 0 Å². The van der Waals surface area contributed by atoms with E-state index in [2.05, 4.69) is 24.2 Å². The molecular weight excluding hydrogens is 126 g/mol. The number of hydrogen-bond donors (Lipinski definition) is 2. The molecule has 60 valence electrons. The van der Waals surface area contributed by atoms with Crippen molar-refractivity contribution in [2.24, 2.45) is 10.7 Å². The number of aliphatic imine (C=N–C) groups is 1. The lowest BCUT2D eigenvalue weighted by Gasteiger charge is -2.10. The predicted octanol–water partition coefficient (Wildman–Crippen LogP) is 0.709. The molecule has 3 nitrogen and oxygen atoms in total. The average molecular weight is 143 g/mol. The van der Waals surface area contributed by atoms with Gasteiger partial charge in [-0.1, -0.05) is 6.92 Å². The molecule has 0 radical (unpaired) electrons. The number of nitrogens with two attached hydrogens (primary N) is 1. The molecule has 0 amide bonds. The Morgan fingerprint density at radius 1 is 1.60 bits per heavy atom. The standard InChI is InChI=1S/C7H17N3/c1-4-6(3)10-7(8)9-5-2/h6H,4-5H2,1-3H3,(H3,8,9,10). The van der Waals surface area contributed by atoms with Crippen LogP contribution in [-0.2, 0) is 0 Å². The Morgan fingerprint density at radius 3 is 2.60 bits per heavy atom. The summed E-state index contributed by atoms with van der Waals surface area (Å²) in [6.45, 7) is 6.90. The Bertz CT molecular complexity index is 109. The SMILES string of the molecule is CCN=C(N)NC(C)CC. The number of guanidine groups is 1. The molecule has 0 aliphatic carbocycles. The number of nitrogens with one attached hydrogen (secondary N) is 1. The Kier molecular flexibility index (Phi) is 4.72. The zero-order chi connectivity index (χ0) is 7.98. The zero-order valence-corrected chi connectivity index (χ0v) is 7.02. The summed E-state index contributed by atoms with van der Waals surface area (Å²) in [4.78, 5) is 4.00. The molecule has 0 saturated heterocycles. The summed E-state index contributed by atoms with van der Waals surface area (Å²) < 4.78 is 0. The van der Waals surface area contributed by atoms with Crippen LogP contribution >= 0.6 is 0 Å². The van der Waals surface area contributed by atoms with Crippen LogP contribution < -0.4 is 11.1 Å². The first-order valence-electron chi connectivity index (χ1n) is 3.77. The van der Waals surface area contributed by atoms with Crippen LogP contribution in [0.3, 0.4) is 0 Å². The monoisotopic (exact) mass is 143 g/mol. The summed E-state index contributed by atoms with van der Waals surface area (Å²) >= 11 is 0. The van der Waals surface area contributed by atoms with Gasteiger partial charge in [-0.05, 0) is 20.3 Å². The van der Waals surface area contributed by atoms with E-state index < -0.39 is 0 Å². The molecule has 3 heteroatoms. The molecule has 0 heterocycles. The second kappa shape index (κ2) is 5.09. The smallest absolute Gasteiger partial charge is 0.188 e. The maximum Gasteiger partial charge on any atom is 0.188 e.